The zero-order chi connectivity index (χ0) is 17.0. The average Bonchev–Trinajstić information content (AvgIpc) is 2.63. The van der Waals surface area contributed by atoms with Crippen molar-refractivity contribution in [3.8, 4) is 0 Å². The summed E-state index contributed by atoms with van der Waals surface area (Å²) in [5.41, 5.74) is 3.44. The van der Waals surface area contributed by atoms with Crippen LogP contribution in [-0.2, 0) is 10.3 Å². The van der Waals surface area contributed by atoms with Crippen LogP contribution in [0.3, 0.4) is 0 Å². The van der Waals surface area contributed by atoms with Gasteiger partial charge in [0.25, 0.3) is 0 Å². The van der Waals surface area contributed by atoms with Crippen molar-refractivity contribution in [3.05, 3.63) is 77.4 Å². The molecule has 1 aliphatic carbocycles. The molecule has 124 valence electrons. The van der Waals surface area contributed by atoms with E-state index in [-0.39, 0.29) is 5.97 Å². The van der Waals surface area contributed by atoms with Gasteiger partial charge in [-0.15, -0.1) is 0 Å². The van der Waals surface area contributed by atoms with Crippen LogP contribution >= 0.6 is 0 Å². The molecule has 24 heavy (non-hydrogen) atoms. The van der Waals surface area contributed by atoms with Crippen LogP contribution in [0.5, 0.6) is 0 Å². The van der Waals surface area contributed by atoms with E-state index in [0.29, 0.717) is 5.56 Å². The van der Waals surface area contributed by atoms with Crippen molar-refractivity contribution in [2.45, 2.75) is 44.6 Å². The predicted octanol–water partition coefficient (Wildman–Crippen LogP) is 5.65. The van der Waals surface area contributed by atoms with Gasteiger partial charge < -0.3 is 4.74 Å². The second-order valence-electron chi connectivity index (χ2n) is 6.64. The van der Waals surface area contributed by atoms with Crippen molar-refractivity contribution in [3.63, 3.8) is 0 Å². The summed E-state index contributed by atoms with van der Waals surface area (Å²) < 4.78 is 6.10. The molecule has 0 aromatic heterocycles. The first-order valence-corrected chi connectivity index (χ1v) is 8.66. The second kappa shape index (κ2) is 7.04. The minimum Gasteiger partial charge on any atom is -0.451 e. The van der Waals surface area contributed by atoms with E-state index in [4.69, 9.17) is 4.74 Å². The van der Waals surface area contributed by atoms with Crippen LogP contribution in [0.2, 0.25) is 0 Å². The van der Waals surface area contributed by atoms with Gasteiger partial charge in [0.2, 0.25) is 0 Å². The number of hydrogen-bond acceptors (Lipinski definition) is 2. The van der Waals surface area contributed by atoms with E-state index in [9.17, 15) is 4.79 Å². The topological polar surface area (TPSA) is 26.3 Å². The smallest absolute Gasteiger partial charge is 0.339 e. The van der Waals surface area contributed by atoms with Crippen molar-refractivity contribution < 1.29 is 9.53 Å². The predicted molar refractivity (Wildman–Crippen MR) is 97.9 cm³/mol. The number of carbonyl (C=O) groups is 1. The first-order valence-electron chi connectivity index (χ1n) is 8.66. The van der Waals surface area contributed by atoms with Crippen LogP contribution < -0.4 is 0 Å². The Morgan fingerprint density at radius 1 is 1.00 bits per heavy atom. The summed E-state index contributed by atoms with van der Waals surface area (Å²) in [6, 6.07) is 15.8. The lowest BCUT2D eigenvalue weighted by Crippen LogP contribution is -2.34. The summed E-state index contributed by atoms with van der Waals surface area (Å²) in [4.78, 5) is 12.7. The third-order valence-corrected chi connectivity index (χ3v) is 4.91. The van der Waals surface area contributed by atoms with Gasteiger partial charge in [-0.1, -0.05) is 61.0 Å². The summed E-state index contributed by atoms with van der Waals surface area (Å²) in [7, 11) is 0. The molecule has 0 heterocycles. The Bertz CT molecular complexity index is 705. The Kier molecular flexibility index (Phi) is 4.84. The maximum absolute atomic E-state index is 12.7. The number of ether oxygens (including phenoxy) is 1. The van der Waals surface area contributed by atoms with E-state index in [1.165, 1.54) is 12.0 Å². The van der Waals surface area contributed by atoms with Crippen LogP contribution in [0.15, 0.2) is 55.1 Å². The Balaban J connectivity index is 1.87. The molecule has 0 unspecified atom stereocenters. The lowest BCUT2D eigenvalue weighted by molar-refractivity contribution is -0.0416. The van der Waals surface area contributed by atoms with Gasteiger partial charge in [0, 0.05) is 0 Å². The number of hydrogen-bond donors (Lipinski definition) is 0. The molecule has 2 aromatic rings. The van der Waals surface area contributed by atoms with Crippen molar-refractivity contribution in [1.29, 1.82) is 0 Å². The van der Waals surface area contributed by atoms with Gasteiger partial charge in [-0.25, -0.2) is 4.79 Å². The van der Waals surface area contributed by atoms with Crippen molar-refractivity contribution in [2.75, 3.05) is 0 Å². The van der Waals surface area contributed by atoms with Gasteiger partial charge in [-0.2, -0.15) is 0 Å². The first kappa shape index (κ1) is 16.5. The molecule has 0 aliphatic heterocycles. The molecule has 0 saturated heterocycles. The highest BCUT2D eigenvalue weighted by atomic mass is 16.6. The summed E-state index contributed by atoms with van der Waals surface area (Å²) in [6.45, 7) is 5.81. The summed E-state index contributed by atoms with van der Waals surface area (Å²) in [5, 5.41) is 0. The third-order valence-electron chi connectivity index (χ3n) is 4.91. The van der Waals surface area contributed by atoms with Crippen LogP contribution in [0.4, 0.5) is 0 Å². The maximum Gasteiger partial charge on any atom is 0.339 e. The van der Waals surface area contributed by atoms with Crippen LogP contribution in [0.25, 0.3) is 6.08 Å². The van der Waals surface area contributed by atoms with Crippen molar-refractivity contribution >= 4 is 12.0 Å². The number of aryl methyl sites for hydroxylation is 1. The zero-order valence-electron chi connectivity index (χ0n) is 14.3. The molecule has 0 atom stereocenters. The van der Waals surface area contributed by atoms with E-state index in [2.05, 4.69) is 37.8 Å². The van der Waals surface area contributed by atoms with E-state index < -0.39 is 5.60 Å². The number of carbonyl (C=O) groups excluding carboxylic acids is 1. The lowest BCUT2D eigenvalue weighted by Gasteiger charge is -2.37. The highest BCUT2D eigenvalue weighted by Gasteiger charge is 2.38. The monoisotopic (exact) mass is 320 g/mol. The Hall–Kier alpha value is -2.35. The van der Waals surface area contributed by atoms with E-state index in [0.717, 1.165) is 36.8 Å². The Morgan fingerprint density at radius 3 is 2.21 bits per heavy atom. The molecule has 0 radical (unpaired) electrons. The largest absolute Gasteiger partial charge is 0.451 e. The molecule has 0 N–H and O–H groups in total. The fourth-order valence-electron chi connectivity index (χ4n) is 3.42. The molecule has 0 amide bonds. The third kappa shape index (κ3) is 3.43. The molecule has 3 rings (SSSR count). The van der Waals surface area contributed by atoms with Gasteiger partial charge in [0.15, 0.2) is 0 Å². The number of esters is 1. The fourth-order valence-corrected chi connectivity index (χ4v) is 3.42. The molecule has 1 fully saturated rings. The average molecular weight is 320 g/mol. The van der Waals surface area contributed by atoms with Gasteiger partial charge in [-0.05, 0) is 55.9 Å². The van der Waals surface area contributed by atoms with Gasteiger partial charge >= 0.3 is 5.97 Å². The van der Waals surface area contributed by atoms with Gasteiger partial charge in [-0.3, -0.25) is 0 Å². The van der Waals surface area contributed by atoms with Crippen LogP contribution in [0, 0.1) is 6.92 Å². The second-order valence-corrected chi connectivity index (χ2v) is 6.64. The molecule has 2 nitrogen and oxygen atoms in total. The van der Waals surface area contributed by atoms with E-state index >= 15 is 0 Å². The maximum atomic E-state index is 12.7. The van der Waals surface area contributed by atoms with Gasteiger partial charge in [0.05, 0.1) is 5.56 Å². The first-order chi connectivity index (χ1) is 11.6. The van der Waals surface area contributed by atoms with Crippen LogP contribution in [-0.4, -0.2) is 5.97 Å². The summed E-state index contributed by atoms with van der Waals surface area (Å²) in [6.07, 6.45) is 6.95. The highest BCUT2D eigenvalue weighted by molar-refractivity contribution is 5.90. The Morgan fingerprint density at radius 2 is 1.62 bits per heavy atom. The molecule has 0 spiro atoms. The van der Waals surface area contributed by atoms with E-state index in [1.54, 1.807) is 6.08 Å². The fraction of sp³-hybridized carbons (Fsp3) is 0.318. The van der Waals surface area contributed by atoms with E-state index in [1.807, 2.05) is 24.3 Å². The van der Waals surface area contributed by atoms with Crippen LogP contribution in [0.1, 0.15) is 59.2 Å². The minimum atomic E-state index is -0.486. The molecule has 1 saturated carbocycles. The zero-order valence-corrected chi connectivity index (χ0v) is 14.3. The number of benzene rings is 2. The SMILES string of the molecule is C=Cc1ccc(C(=O)OC2(c3ccc(C)cc3)CCCCC2)cc1. The van der Waals surface area contributed by atoms with Gasteiger partial charge in [0.1, 0.15) is 5.60 Å². The molecule has 1 aliphatic rings. The molecular formula is C22H24O2. The molecule has 0 bridgehead atoms. The van der Waals surface area contributed by atoms with Crippen molar-refractivity contribution in [1.82, 2.24) is 0 Å². The molecule has 2 aromatic carbocycles. The quantitative estimate of drug-likeness (QED) is 0.680. The normalized spacial score (nSPS) is 16.4. The highest BCUT2D eigenvalue weighted by Crippen LogP contribution is 2.41. The summed E-state index contributed by atoms with van der Waals surface area (Å²) >= 11 is 0. The minimum absolute atomic E-state index is 0.243. The molecular weight excluding hydrogens is 296 g/mol. The number of rotatable bonds is 4. The summed E-state index contributed by atoms with van der Waals surface area (Å²) in [5.74, 6) is -0.243. The lowest BCUT2D eigenvalue weighted by atomic mass is 9.79. The molecule has 2 heteroatoms. The standard InChI is InChI=1S/C22H24O2/c1-3-18-9-11-19(12-10-18)21(23)24-22(15-5-4-6-16-22)20-13-7-17(2)8-14-20/h3,7-14H,1,4-6,15-16H2,2H3. The Labute approximate surface area is 144 Å². The van der Waals surface area contributed by atoms with Crippen molar-refractivity contribution in [2.24, 2.45) is 0 Å².